The first-order valence-corrected chi connectivity index (χ1v) is 8.66. The van der Waals surface area contributed by atoms with E-state index in [9.17, 15) is 13.2 Å². The molecule has 21 heavy (non-hydrogen) atoms. The van der Waals surface area contributed by atoms with Gasteiger partial charge in [0.25, 0.3) is 0 Å². The molecule has 0 fully saturated rings. The van der Waals surface area contributed by atoms with E-state index in [1.165, 1.54) is 13.1 Å². The Hall–Kier alpha value is -1.12. The Balaban J connectivity index is 2.87. The standard InChI is InChI=1S/C13H20BrN3O3S/c1-9(2)7-16-13(18)8-17(3)21(19,20)12-6-10(15)4-5-11(12)14/h4-6,9H,7-8,15H2,1-3H3,(H,16,18). The second-order valence-electron chi connectivity index (χ2n) is 5.15. The summed E-state index contributed by atoms with van der Waals surface area (Å²) < 4.78 is 26.3. The van der Waals surface area contributed by atoms with Crippen molar-refractivity contribution in [3.05, 3.63) is 22.7 Å². The van der Waals surface area contributed by atoms with E-state index in [0.717, 1.165) is 4.31 Å². The molecular formula is C13H20BrN3O3S. The predicted octanol–water partition coefficient (Wildman–Crippen LogP) is 1.42. The Morgan fingerprint density at radius 3 is 2.62 bits per heavy atom. The average Bonchev–Trinajstić information content (AvgIpc) is 2.39. The zero-order chi connectivity index (χ0) is 16.2. The van der Waals surface area contributed by atoms with E-state index < -0.39 is 10.0 Å². The van der Waals surface area contributed by atoms with Gasteiger partial charge in [-0.05, 0) is 40.0 Å². The summed E-state index contributed by atoms with van der Waals surface area (Å²) in [7, 11) is -2.42. The number of rotatable bonds is 6. The molecule has 8 heteroatoms. The number of carbonyl (C=O) groups is 1. The fraction of sp³-hybridized carbons (Fsp3) is 0.462. The molecule has 118 valence electrons. The number of likely N-dealkylation sites (N-methyl/N-ethyl adjacent to an activating group) is 1. The number of sulfonamides is 1. The third kappa shape index (κ3) is 4.98. The molecule has 0 spiro atoms. The number of nitrogens with one attached hydrogen (secondary N) is 1. The van der Waals surface area contributed by atoms with Crippen LogP contribution in [-0.2, 0) is 14.8 Å². The van der Waals surface area contributed by atoms with Crippen molar-refractivity contribution in [2.75, 3.05) is 25.9 Å². The van der Waals surface area contributed by atoms with E-state index in [0.29, 0.717) is 22.6 Å². The van der Waals surface area contributed by atoms with Gasteiger partial charge in [-0.1, -0.05) is 13.8 Å². The third-order valence-corrected chi connectivity index (χ3v) is 5.51. The predicted molar refractivity (Wildman–Crippen MR) is 86.2 cm³/mol. The number of halogens is 1. The molecular weight excluding hydrogens is 358 g/mol. The van der Waals surface area contributed by atoms with E-state index in [1.54, 1.807) is 12.1 Å². The molecule has 0 heterocycles. The molecule has 0 aromatic heterocycles. The van der Waals surface area contributed by atoms with Gasteiger partial charge in [0.2, 0.25) is 15.9 Å². The number of hydrogen-bond donors (Lipinski definition) is 2. The number of amides is 1. The number of nitrogens with zero attached hydrogens (tertiary/aromatic N) is 1. The first-order valence-electron chi connectivity index (χ1n) is 6.42. The van der Waals surface area contributed by atoms with Gasteiger partial charge in [0.15, 0.2) is 0 Å². The molecule has 0 saturated carbocycles. The number of nitrogen functional groups attached to an aromatic ring is 1. The van der Waals surface area contributed by atoms with Crippen LogP contribution in [0.1, 0.15) is 13.8 Å². The summed E-state index contributed by atoms with van der Waals surface area (Å²) in [6.07, 6.45) is 0. The zero-order valence-corrected chi connectivity index (χ0v) is 14.7. The minimum absolute atomic E-state index is 0.0432. The quantitative estimate of drug-likeness (QED) is 0.733. The lowest BCUT2D eigenvalue weighted by Gasteiger charge is -2.18. The average molecular weight is 378 g/mol. The maximum Gasteiger partial charge on any atom is 0.244 e. The number of benzene rings is 1. The molecule has 0 aliphatic heterocycles. The van der Waals surface area contributed by atoms with E-state index in [1.807, 2.05) is 13.8 Å². The fourth-order valence-electron chi connectivity index (χ4n) is 1.55. The van der Waals surface area contributed by atoms with Crippen LogP contribution in [-0.4, -0.2) is 38.8 Å². The lowest BCUT2D eigenvalue weighted by atomic mass is 10.2. The highest BCUT2D eigenvalue weighted by molar-refractivity contribution is 9.10. The van der Waals surface area contributed by atoms with Gasteiger partial charge >= 0.3 is 0 Å². The zero-order valence-electron chi connectivity index (χ0n) is 12.3. The Morgan fingerprint density at radius 2 is 2.05 bits per heavy atom. The topological polar surface area (TPSA) is 92.5 Å². The van der Waals surface area contributed by atoms with Crippen LogP contribution in [0, 0.1) is 5.92 Å². The summed E-state index contributed by atoms with van der Waals surface area (Å²) in [5.41, 5.74) is 5.97. The molecule has 1 aromatic rings. The maximum absolute atomic E-state index is 12.4. The highest BCUT2D eigenvalue weighted by Crippen LogP contribution is 2.26. The van der Waals surface area contributed by atoms with Crippen LogP contribution in [0.25, 0.3) is 0 Å². The summed E-state index contributed by atoms with van der Waals surface area (Å²) >= 11 is 3.19. The van der Waals surface area contributed by atoms with Crippen LogP contribution < -0.4 is 11.1 Å². The van der Waals surface area contributed by atoms with Crippen LogP contribution >= 0.6 is 15.9 Å². The Morgan fingerprint density at radius 1 is 1.43 bits per heavy atom. The lowest BCUT2D eigenvalue weighted by Crippen LogP contribution is -2.39. The van der Waals surface area contributed by atoms with Gasteiger partial charge in [0.1, 0.15) is 0 Å². The number of nitrogens with two attached hydrogens (primary N) is 1. The monoisotopic (exact) mass is 377 g/mol. The van der Waals surface area contributed by atoms with Crippen molar-refractivity contribution in [3.63, 3.8) is 0 Å². The van der Waals surface area contributed by atoms with Crippen LogP contribution in [0.2, 0.25) is 0 Å². The number of hydrogen-bond acceptors (Lipinski definition) is 4. The van der Waals surface area contributed by atoms with E-state index in [2.05, 4.69) is 21.2 Å². The second-order valence-corrected chi connectivity index (χ2v) is 8.02. The van der Waals surface area contributed by atoms with E-state index in [4.69, 9.17) is 5.73 Å². The molecule has 0 unspecified atom stereocenters. The molecule has 0 radical (unpaired) electrons. The molecule has 1 amide bonds. The Kier molecular flexibility index (Phi) is 6.18. The van der Waals surface area contributed by atoms with Gasteiger partial charge in [-0.15, -0.1) is 0 Å². The van der Waals surface area contributed by atoms with Crippen molar-refractivity contribution in [1.82, 2.24) is 9.62 Å². The van der Waals surface area contributed by atoms with Gasteiger partial charge in [-0.2, -0.15) is 4.31 Å². The highest BCUT2D eigenvalue weighted by atomic mass is 79.9. The van der Waals surface area contributed by atoms with Crippen molar-refractivity contribution < 1.29 is 13.2 Å². The summed E-state index contributed by atoms with van der Waals surface area (Å²) in [5, 5.41) is 2.68. The summed E-state index contributed by atoms with van der Waals surface area (Å²) in [6, 6.07) is 4.52. The lowest BCUT2D eigenvalue weighted by molar-refractivity contribution is -0.121. The maximum atomic E-state index is 12.4. The minimum atomic E-state index is -3.78. The molecule has 0 aliphatic carbocycles. The molecule has 3 N–H and O–H groups in total. The van der Waals surface area contributed by atoms with Crippen LogP contribution in [0.5, 0.6) is 0 Å². The van der Waals surface area contributed by atoms with Gasteiger partial charge in [-0.25, -0.2) is 8.42 Å². The molecule has 0 bridgehead atoms. The van der Waals surface area contributed by atoms with Crippen molar-refractivity contribution in [3.8, 4) is 0 Å². The molecule has 6 nitrogen and oxygen atoms in total. The minimum Gasteiger partial charge on any atom is -0.399 e. The normalized spacial score (nSPS) is 11.9. The summed E-state index contributed by atoms with van der Waals surface area (Å²) in [6.45, 7) is 4.19. The van der Waals surface area contributed by atoms with E-state index >= 15 is 0 Å². The van der Waals surface area contributed by atoms with Gasteiger partial charge in [0, 0.05) is 23.8 Å². The van der Waals surface area contributed by atoms with Crippen LogP contribution in [0.15, 0.2) is 27.6 Å². The first-order chi connectivity index (χ1) is 9.64. The summed E-state index contributed by atoms with van der Waals surface area (Å²) in [4.78, 5) is 11.8. The van der Waals surface area contributed by atoms with Crippen LogP contribution in [0.4, 0.5) is 5.69 Å². The summed E-state index contributed by atoms with van der Waals surface area (Å²) in [5.74, 6) is -0.0336. The van der Waals surface area contributed by atoms with E-state index in [-0.39, 0.29) is 17.3 Å². The van der Waals surface area contributed by atoms with Crippen molar-refractivity contribution >= 4 is 37.5 Å². The smallest absolute Gasteiger partial charge is 0.244 e. The van der Waals surface area contributed by atoms with Gasteiger partial charge in [-0.3, -0.25) is 4.79 Å². The first kappa shape index (κ1) is 17.9. The second kappa shape index (κ2) is 7.24. The van der Waals surface area contributed by atoms with Gasteiger partial charge < -0.3 is 11.1 Å². The van der Waals surface area contributed by atoms with Crippen molar-refractivity contribution in [2.24, 2.45) is 5.92 Å². The largest absolute Gasteiger partial charge is 0.399 e. The Bertz CT molecular complexity index is 617. The third-order valence-electron chi connectivity index (χ3n) is 2.72. The fourth-order valence-corrected chi connectivity index (χ4v) is 3.63. The molecule has 1 aromatic carbocycles. The van der Waals surface area contributed by atoms with Gasteiger partial charge in [0.05, 0.1) is 11.4 Å². The van der Waals surface area contributed by atoms with Crippen molar-refractivity contribution in [2.45, 2.75) is 18.7 Å². The SMILES string of the molecule is CC(C)CNC(=O)CN(C)S(=O)(=O)c1cc(N)ccc1Br. The molecule has 1 rings (SSSR count). The number of anilines is 1. The molecule has 0 saturated heterocycles. The number of carbonyl (C=O) groups excluding carboxylic acids is 1. The van der Waals surface area contributed by atoms with Crippen LogP contribution in [0.3, 0.4) is 0 Å². The molecule has 0 aliphatic rings. The molecule has 0 atom stereocenters. The van der Waals surface area contributed by atoms with Crippen molar-refractivity contribution in [1.29, 1.82) is 0 Å². The Labute approximate surface area is 133 Å². The highest BCUT2D eigenvalue weighted by Gasteiger charge is 2.25.